The molecule has 26 heavy (non-hydrogen) atoms. The summed E-state index contributed by atoms with van der Waals surface area (Å²) < 4.78 is 18.3. The molecule has 8 nitrogen and oxygen atoms in total. The Bertz CT molecular complexity index is 871. The fourth-order valence-electron chi connectivity index (χ4n) is 2.24. The predicted molar refractivity (Wildman–Crippen MR) is 96.1 cm³/mol. The van der Waals surface area contributed by atoms with Gasteiger partial charge in [0.15, 0.2) is 11.6 Å². The average Bonchev–Trinajstić information content (AvgIpc) is 3.03. The standard InChI is InChI=1S/C16H17ClFN7O/c1-9-5-14(25-24-9)22-15-11(17)7-20-16(23-15)21-13(8-26-2)12-4-3-10(18)6-19-12/h3-7,13H,8H2,1-2H3,(H3,20,21,22,23,24,25). The zero-order chi connectivity index (χ0) is 18.5. The van der Waals surface area contributed by atoms with Crippen LogP contribution in [0, 0.1) is 12.7 Å². The van der Waals surface area contributed by atoms with Crippen molar-refractivity contribution in [3.63, 3.8) is 0 Å². The van der Waals surface area contributed by atoms with Crippen molar-refractivity contribution in [2.45, 2.75) is 13.0 Å². The van der Waals surface area contributed by atoms with Gasteiger partial charge in [-0.2, -0.15) is 10.1 Å². The first-order chi connectivity index (χ1) is 12.5. The van der Waals surface area contributed by atoms with Crippen molar-refractivity contribution in [3.8, 4) is 0 Å². The van der Waals surface area contributed by atoms with E-state index < -0.39 is 5.82 Å². The highest BCUT2D eigenvalue weighted by Gasteiger charge is 2.16. The molecule has 3 N–H and O–H groups in total. The van der Waals surface area contributed by atoms with Gasteiger partial charge in [-0.3, -0.25) is 10.1 Å². The van der Waals surface area contributed by atoms with Crippen LogP contribution in [0.3, 0.4) is 0 Å². The van der Waals surface area contributed by atoms with Gasteiger partial charge in [-0.25, -0.2) is 9.37 Å². The second-order valence-electron chi connectivity index (χ2n) is 5.50. The number of nitrogens with zero attached hydrogens (tertiary/aromatic N) is 4. The number of aromatic amines is 1. The SMILES string of the molecule is COCC(Nc1ncc(Cl)c(Nc2cc(C)[nH]n2)n1)c1ccc(F)cn1. The molecule has 0 aliphatic heterocycles. The van der Waals surface area contributed by atoms with Crippen LogP contribution in [-0.4, -0.2) is 38.9 Å². The Labute approximate surface area is 154 Å². The van der Waals surface area contributed by atoms with Crippen LogP contribution in [0.1, 0.15) is 17.4 Å². The van der Waals surface area contributed by atoms with Crippen molar-refractivity contribution in [3.05, 3.63) is 52.8 Å². The molecule has 0 aliphatic carbocycles. The van der Waals surface area contributed by atoms with Crippen LogP contribution < -0.4 is 10.6 Å². The average molecular weight is 378 g/mol. The lowest BCUT2D eigenvalue weighted by molar-refractivity contribution is 0.185. The van der Waals surface area contributed by atoms with E-state index >= 15 is 0 Å². The molecule has 0 fully saturated rings. The number of H-pyrrole nitrogens is 1. The highest BCUT2D eigenvalue weighted by Crippen LogP contribution is 2.24. The largest absolute Gasteiger partial charge is 0.382 e. The van der Waals surface area contributed by atoms with E-state index in [4.69, 9.17) is 16.3 Å². The summed E-state index contributed by atoms with van der Waals surface area (Å²) in [4.78, 5) is 12.6. The van der Waals surface area contributed by atoms with Crippen LogP contribution in [-0.2, 0) is 4.74 Å². The van der Waals surface area contributed by atoms with Gasteiger partial charge in [0.25, 0.3) is 0 Å². The molecule has 0 saturated carbocycles. The molecule has 3 aromatic rings. The second-order valence-corrected chi connectivity index (χ2v) is 5.91. The lowest BCUT2D eigenvalue weighted by Gasteiger charge is -2.18. The van der Waals surface area contributed by atoms with E-state index in [1.807, 2.05) is 13.0 Å². The molecule has 0 aromatic carbocycles. The van der Waals surface area contributed by atoms with Crippen LogP contribution in [0.2, 0.25) is 5.02 Å². The number of rotatable bonds is 7. The molecule has 136 valence electrons. The zero-order valence-electron chi connectivity index (χ0n) is 14.1. The van der Waals surface area contributed by atoms with Gasteiger partial charge in [-0.05, 0) is 19.1 Å². The lowest BCUT2D eigenvalue weighted by Crippen LogP contribution is -2.19. The lowest BCUT2D eigenvalue weighted by atomic mass is 10.2. The molecule has 3 aromatic heterocycles. The molecule has 0 bridgehead atoms. The number of aryl methyl sites for hydroxylation is 1. The summed E-state index contributed by atoms with van der Waals surface area (Å²) in [6, 6.07) is 4.37. The molecular weight excluding hydrogens is 361 g/mol. The minimum atomic E-state index is -0.409. The molecule has 0 radical (unpaired) electrons. The fourth-order valence-corrected chi connectivity index (χ4v) is 2.38. The van der Waals surface area contributed by atoms with Gasteiger partial charge < -0.3 is 15.4 Å². The summed E-state index contributed by atoms with van der Waals surface area (Å²) in [5.41, 5.74) is 1.50. The smallest absolute Gasteiger partial charge is 0.225 e. The van der Waals surface area contributed by atoms with Crippen molar-refractivity contribution in [2.75, 3.05) is 24.4 Å². The predicted octanol–water partition coefficient (Wildman–Crippen LogP) is 3.24. The first-order valence-corrected chi connectivity index (χ1v) is 8.11. The molecule has 3 heterocycles. The monoisotopic (exact) mass is 377 g/mol. The van der Waals surface area contributed by atoms with Crippen molar-refractivity contribution in [1.82, 2.24) is 25.1 Å². The van der Waals surface area contributed by atoms with Crippen LogP contribution in [0.15, 0.2) is 30.6 Å². The Morgan fingerprint density at radius 3 is 2.81 bits per heavy atom. The van der Waals surface area contributed by atoms with Crippen molar-refractivity contribution < 1.29 is 9.13 Å². The van der Waals surface area contributed by atoms with Crippen molar-refractivity contribution in [2.24, 2.45) is 0 Å². The summed E-state index contributed by atoms with van der Waals surface area (Å²) in [6.45, 7) is 2.18. The highest BCUT2D eigenvalue weighted by molar-refractivity contribution is 6.32. The Hall–Kier alpha value is -2.78. The van der Waals surface area contributed by atoms with Gasteiger partial charge in [0, 0.05) is 18.9 Å². The molecule has 1 unspecified atom stereocenters. The second kappa shape index (κ2) is 8.07. The van der Waals surface area contributed by atoms with Gasteiger partial charge in [0.1, 0.15) is 10.8 Å². The van der Waals surface area contributed by atoms with Crippen LogP contribution in [0.5, 0.6) is 0 Å². The number of hydrogen-bond acceptors (Lipinski definition) is 7. The first kappa shape index (κ1) is 18.0. The fraction of sp³-hybridized carbons (Fsp3) is 0.250. The molecule has 1 atom stereocenters. The molecule has 10 heteroatoms. The third kappa shape index (κ3) is 4.44. The number of ether oxygens (including phenoxy) is 1. The summed E-state index contributed by atoms with van der Waals surface area (Å²) >= 11 is 6.15. The molecular formula is C16H17ClFN7O. The van der Waals surface area contributed by atoms with E-state index in [9.17, 15) is 4.39 Å². The number of pyridine rings is 1. The van der Waals surface area contributed by atoms with Gasteiger partial charge >= 0.3 is 0 Å². The highest BCUT2D eigenvalue weighted by atomic mass is 35.5. The van der Waals surface area contributed by atoms with Gasteiger partial charge in [-0.15, -0.1) is 0 Å². The van der Waals surface area contributed by atoms with Crippen molar-refractivity contribution in [1.29, 1.82) is 0 Å². The van der Waals surface area contributed by atoms with E-state index in [-0.39, 0.29) is 6.04 Å². The Balaban J connectivity index is 1.80. The van der Waals surface area contributed by atoms with E-state index in [2.05, 4.69) is 35.8 Å². The van der Waals surface area contributed by atoms with E-state index in [0.717, 1.165) is 11.9 Å². The third-order valence-corrected chi connectivity index (χ3v) is 3.72. The molecule has 0 aliphatic rings. The summed E-state index contributed by atoms with van der Waals surface area (Å²) in [7, 11) is 1.56. The summed E-state index contributed by atoms with van der Waals surface area (Å²) in [5.74, 6) is 0.896. The van der Waals surface area contributed by atoms with Crippen LogP contribution in [0.25, 0.3) is 0 Å². The number of aromatic nitrogens is 5. The number of methoxy groups -OCH3 is 1. The van der Waals surface area contributed by atoms with Gasteiger partial charge in [0.2, 0.25) is 5.95 Å². The Kier molecular flexibility index (Phi) is 5.59. The van der Waals surface area contributed by atoms with Gasteiger partial charge in [-0.1, -0.05) is 11.6 Å². The van der Waals surface area contributed by atoms with E-state index in [1.54, 1.807) is 13.2 Å². The van der Waals surface area contributed by atoms with Crippen molar-refractivity contribution >= 4 is 29.2 Å². The van der Waals surface area contributed by atoms with Crippen LogP contribution in [0.4, 0.5) is 22.0 Å². The van der Waals surface area contributed by atoms with E-state index in [0.29, 0.717) is 34.9 Å². The quantitative estimate of drug-likeness (QED) is 0.581. The minimum Gasteiger partial charge on any atom is -0.382 e. The third-order valence-electron chi connectivity index (χ3n) is 3.44. The topological polar surface area (TPSA) is 101 Å². The normalized spacial score (nSPS) is 12.0. The summed E-state index contributed by atoms with van der Waals surface area (Å²) in [5, 5.41) is 13.4. The maximum Gasteiger partial charge on any atom is 0.225 e. The summed E-state index contributed by atoms with van der Waals surface area (Å²) in [6.07, 6.45) is 2.62. The minimum absolute atomic E-state index is 0.298. The number of halogens is 2. The molecule has 0 amide bonds. The van der Waals surface area contributed by atoms with E-state index in [1.165, 1.54) is 12.3 Å². The molecule has 0 spiro atoms. The molecule has 3 rings (SSSR count). The Morgan fingerprint density at radius 2 is 2.15 bits per heavy atom. The number of nitrogens with one attached hydrogen (secondary N) is 3. The maximum atomic E-state index is 13.1. The van der Waals surface area contributed by atoms with Crippen LogP contribution >= 0.6 is 11.6 Å². The number of hydrogen-bond donors (Lipinski definition) is 3. The number of anilines is 3. The first-order valence-electron chi connectivity index (χ1n) is 7.73. The van der Waals surface area contributed by atoms with Gasteiger partial charge in [0.05, 0.1) is 30.7 Å². The maximum absolute atomic E-state index is 13.1. The zero-order valence-corrected chi connectivity index (χ0v) is 14.9. The Morgan fingerprint density at radius 1 is 1.31 bits per heavy atom. The molecule has 0 saturated heterocycles.